The van der Waals surface area contributed by atoms with Gasteiger partial charge in [0, 0.05) is 31.7 Å². The van der Waals surface area contributed by atoms with Crippen LogP contribution in [0.15, 0.2) is 48.0 Å². The number of phenols is 1. The van der Waals surface area contributed by atoms with Crippen LogP contribution in [0.25, 0.3) is 5.76 Å². The number of ketones is 1. The number of morpholine rings is 1. The Bertz CT molecular complexity index is 1110. The van der Waals surface area contributed by atoms with Gasteiger partial charge in [0.15, 0.2) is 11.5 Å². The van der Waals surface area contributed by atoms with Crippen LogP contribution in [-0.4, -0.2) is 84.8 Å². The maximum Gasteiger partial charge on any atom is 0.295 e. The van der Waals surface area contributed by atoms with Crippen LogP contribution in [0.5, 0.6) is 17.2 Å². The first kappa shape index (κ1) is 24.6. The van der Waals surface area contributed by atoms with Crippen LogP contribution in [0.2, 0.25) is 0 Å². The van der Waals surface area contributed by atoms with Gasteiger partial charge in [-0.1, -0.05) is 6.07 Å². The molecule has 2 aliphatic rings. The molecule has 2 N–H and O–H groups in total. The molecule has 0 radical (unpaired) electrons. The lowest BCUT2D eigenvalue weighted by Gasteiger charge is -2.31. The minimum Gasteiger partial charge on any atom is -0.507 e. The monoisotopic (exact) mass is 482 g/mol. The average molecular weight is 483 g/mol. The van der Waals surface area contributed by atoms with E-state index in [9.17, 15) is 19.8 Å². The van der Waals surface area contributed by atoms with Crippen molar-refractivity contribution < 1.29 is 34.0 Å². The number of benzene rings is 2. The van der Waals surface area contributed by atoms with E-state index in [1.54, 1.807) is 43.3 Å². The maximum atomic E-state index is 13.2. The lowest BCUT2D eigenvalue weighted by Crippen LogP contribution is -2.42. The molecule has 1 amide bonds. The Morgan fingerprint density at radius 2 is 1.80 bits per heavy atom. The lowest BCUT2D eigenvalue weighted by molar-refractivity contribution is -0.140. The first-order valence-electron chi connectivity index (χ1n) is 11.6. The molecular weight excluding hydrogens is 452 g/mol. The smallest absolute Gasteiger partial charge is 0.295 e. The summed E-state index contributed by atoms with van der Waals surface area (Å²) in [6.45, 7) is 5.71. The van der Waals surface area contributed by atoms with E-state index in [0.29, 0.717) is 49.8 Å². The SMILES string of the molecule is CCOc1cc([C@@H]2C(=C(O)c3ccc(OC)cc3)C(=O)C(=O)N2CCN2CCOCC2)ccc1O. The number of rotatable bonds is 8. The highest BCUT2D eigenvalue weighted by Crippen LogP contribution is 2.41. The molecule has 35 heavy (non-hydrogen) atoms. The van der Waals surface area contributed by atoms with Crippen molar-refractivity contribution in [2.24, 2.45) is 0 Å². The fourth-order valence-electron chi connectivity index (χ4n) is 4.41. The molecule has 186 valence electrons. The molecule has 9 heteroatoms. The number of aliphatic hydroxyl groups is 1. The zero-order chi connectivity index (χ0) is 24.9. The Kier molecular flexibility index (Phi) is 7.57. The standard InChI is InChI=1S/C26H30N2O7/c1-3-35-21-16-18(6-9-20(21)29)23-22(24(30)17-4-7-19(33-2)8-5-17)25(31)26(32)28(23)11-10-27-12-14-34-15-13-27/h4-9,16,23,29-30H,3,10-15H2,1-2H3/t23-/m1/s1. The van der Waals surface area contributed by atoms with Crippen molar-refractivity contribution in [1.82, 2.24) is 9.80 Å². The topological polar surface area (TPSA) is 109 Å². The van der Waals surface area contributed by atoms with E-state index in [1.807, 2.05) is 0 Å². The molecule has 2 fully saturated rings. The molecule has 2 heterocycles. The zero-order valence-electron chi connectivity index (χ0n) is 19.9. The Hall–Kier alpha value is -3.56. The van der Waals surface area contributed by atoms with Crippen molar-refractivity contribution in [2.75, 3.05) is 53.1 Å². The van der Waals surface area contributed by atoms with Gasteiger partial charge in [-0.25, -0.2) is 0 Å². The Morgan fingerprint density at radius 1 is 1.09 bits per heavy atom. The number of nitrogens with zero attached hydrogens (tertiary/aromatic N) is 2. The molecule has 2 saturated heterocycles. The molecule has 0 aromatic heterocycles. The fourth-order valence-corrected chi connectivity index (χ4v) is 4.41. The van der Waals surface area contributed by atoms with Gasteiger partial charge in [0.05, 0.1) is 38.5 Å². The van der Waals surface area contributed by atoms with E-state index >= 15 is 0 Å². The van der Waals surface area contributed by atoms with E-state index in [0.717, 1.165) is 13.1 Å². The van der Waals surface area contributed by atoms with Gasteiger partial charge in [-0.2, -0.15) is 0 Å². The third kappa shape index (κ3) is 5.11. The number of ether oxygens (including phenoxy) is 3. The molecule has 0 aliphatic carbocycles. The predicted octanol–water partition coefficient (Wildman–Crippen LogP) is 2.55. The minimum atomic E-state index is -0.835. The third-order valence-electron chi connectivity index (χ3n) is 6.26. The number of hydrogen-bond acceptors (Lipinski definition) is 8. The summed E-state index contributed by atoms with van der Waals surface area (Å²) in [4.78, 5) is 30.0. The van der Waals surface area contributed by atoms with Gasteiger partial charge in [-0.3, -0.25) is 14.5 Å². The normalized spacial score (nSPS) is 20.3. The number of hydrogen-bond donors (Lipinski definition) is 2. The molecule has 0 bridgehead atoms. The number of likely N-dealkylation sites (tertiary alicyclic amines) is 1. The van der Waals surface area contributed by atoms with Crippen LogP contribution in [0, 0.1) is 0 Å². The van der Waals surface area contributed by atoms with E-state index in [2.05, 4.69) is 4.90 Å². The fraction of sp³-hybridized carbons (Fsp3) is 0.385. The summed E-state index contributed by atoms with van der Waals surface area (Å²) < 4.78 is 16.1. The zero-order valence-corrected chi connectivity index (χ0v) is 19.9. The van der Waals surface area contributed by atoms with Crippen LogP contribution < -0.4 is 9.47 Å². The van der Waals surface area contributed by atoms with Crippen molar-refractivity contribution >= 4 is 17.4 Å². The largest absolute Gasteiger partial charge is 0.507 e. The highest BCUT2D eigenvalue weighted by Gasteiger charge is 2.46. The highest BCUT2D eigenvalue weighted by molar-refractivity contribution is 6.46. The molecule has 0 spiro atoms. The van der Waals surface area contributed by atoms with E-state index in [-0.39, 0.29) is 22.8 Å². The van der Waals surface area contributed by atoms with Gasteiger partial charge in [-0.15, -0.1) is 0 Å². The number of Topliss-reactive ketones (excluding diaryl/α,β-unsaturated/α-hetero) is 1. The summed E-state index contributed by atoms with van der Waals surface area (Å²) in [5.74, 6) is -0.898. The van der Waals surface area contributed by atoms with Crippen LogP contribution in [-0.2, 0) is 14.3 Å². The molecule has 2 aromatic rings. The minimum absolute atomic E-state index is 0.00437. The summed E-state index contributed by atoms with van der Waals surface area (Å²) in [7, 11) is 1.54. The summed E-state index contributed by atoms with van der Waals surface area (Å²) in [6, 6.07) is 10.5. The van der Waals surface area contributed by atoms with Gasteiger partial charge < -0.3 is 29.3 Å². The first-order chi connectivity index (χ1) is 16.9. The molecule has 0 saturated carbocycles. The third-order valence-corrected chi connectivity index (χ3v) is 6.26. The van der Waals surface area contributed by atoms with Gasteiger partial charge in [-0.05, 0) is 48.9 Å². The molecule has 4 rings (SSSR count). The Morgan fingerprint density at radius 3 is 2.46 bits per heavy atom. The Balaban J connectivity index is 1.76. The second-order valence-electron chi connectivity index (χ2n) is 8.34. The second kappa shape index (κ2) is 10.8. The van der Waals surface area contributed by atoms with Crippen molar-refractivity contribution in [3.63, 3.8) is 0 Å². The number of amides is 1. The van der Waals surface area contributed by atoms with Crippen LogP contribution >= 0.6 is 0 Å². The van der Waals surface area contributed by atoms with Crippen molar-refractivity contribution in [2.45, 2.75) is 13.0 Å². The molecule has 2 aliphatic heterocycles. The summed E-state index contributed by atoms with van der Waals surface area (Å²) in [5, 5.41) is 21.4. The van der Waals surface area contributed by atoms with E-state index in [1.165, 1.54) is 18.1 Å². The second-order valence-corrected chi connectivity index (χ2v) is 8.34. The summed E-state index contributed by atoms with van der Waals surface area (Å²) >= 11 is 0. The number of aromatic hydroxyl groups is 1. The van der Waals surface area contributed by atoms with Gasteiger partial charge in [0.25, 0.3) is 11.7 Å². The van der Waals surface area contributed by atoms with Gasteiger partial charge in [0.2, 0.25) is 0 Å². The van der Waals surface area contributed by atoms with Gasteiger partial charge >= 0.3 is 0 Å². The molecule has 0 unspecified atom stereocenters. The number of carbonyl (C=O) groups excluding carboxylic acids is 2. The van der Waals surface area contributed by atoms with Crippen molar-refractivity contribution in [3.05, 3.63) is 59.2 Å². The van der Waals surface area contributed by atoms with Crippen LogP contribution in [0.4, 0.5) is 0 Å². The molecule has 9 nitrogen and oxygen atoms in total. The van der Waals surface area contributed by atoms with Crippen molar-refractivity contribution in [1.29, 1.82) is 0 Å². The summed E-state index contributed by atoms with van der Waals surface area (Å²) in [5.41, 5.74) is 0.948. The summed E-state index contributed by atoms with van der Waals surface area (Å²) in [6.07, 6.45) is 0. The van der Waals surface area contributed by atoms with E-state index in [4.69, 9.17) is 14.2 Å². The lowest BCUT2D eigenvalue weighted by atomic mass is 9.95. The Labute approximate surface area is 204 Å². The maximum absolute atomic E-state index is 13.2. The predicted molar refractivity (Wildman–Crippen MR) is 129 cm³/mol. The number of aliphatic hydroxyl groups excluding tert-OH is 1. The quantitative estimate of drug-likeness (QED) is 0.336. The number of carbonyl (C=O) groups is 2. The van der Waals surface area contributed by atoms with Crippen LogP contribution in [0.3, 0.4) is 0 Å². The van der Waals surface area contributed by atoms with Crippen LogP contribution in [0.1, 0.15) is 24.1 Å². The number of methoxy groups -OCH3 is 1. The van der Waals surface area contributed by atoms with Crippen molar-refractivity contribution in [3.8, 4) is 17.2 Å². The highest BCUT2D eigenvalue weighted by atomic mass is 16.5. The van der Waals surface area contributed by atoms with Gasteiger partial charge in [0.1, 0.15) is 11.5 Å². The average Bonchev–Trinajstić information content (AvgIpc) is 3.14. The molecule has 2 aromatic carbocycles. The first-order valence-corrected chi connectivity index (χ1v) is 11.6. The molecular formula is C26H30N2O7. The number of phenolic OH excluding ortho intramolecular Hbond substituents is 1. The van der Waals surface area contributed by atoms with E-state index < -0.39 is 17.7 Å². The molecule has 1 atom stereocenters.